The van der Waals surface area contributed by atoms with E-state index in [2.05, 4.69) is 4.90 Å². The number of aliphatic hydroxyl groups excluding tert-OH is 1. The minimum Gasteiger partial charge on any atom is -0.491 e. The van der Waals surface area contributed by atoms with Crippen LogP contribution in [0.15, 0.2) is 24.3 Å². The van der Waals surface area contributed by atoms with Crippen molar-refractivity contribution in [1.82, 2.24) is 4.90 Å². The topological polar surface area (TPSA) is 51.2 Å². The SMILES string of the molecule is O[C@H](COCCOc1ccc(F)cc1)CN1CCOCC1. The van der Waals surface area contributed by atoms with Crippen molar-refractivity contribution in [3.05, 3.63) is 30.1 Å². The number of rotatable bonds is 8. The van der Waals surface area contributed by atoms with Crippen LogP contribution in [-0.4, -0.2) is 68.8 Å². The van der Waals surface area contributed by atoms with Crippen LogP contribution in [-0.2, 0) is 9.47 Å². The summed E-state index contributed by atoms with van der Waals surface area (Å²) in [4.78, 5) is 2.16. The fraction of sp³-hybridized carbons (Fsp3) is 0.600. The van der Waals surface area contributed by atoms with Gasteiger partial charge in [-0.3, -0.25) is 4.90 Å². The minimum absolute atomic E-state index is 0.282. The molecule has 0 bridgehead atoms. The van der Waals surface area contributed by atoms with Crippen LogP contribution in [0.1, 0.15) is 0 Å². The Balaban J connectivity index is 1.51. The zero-order chi connectivity index (χ0) is 14.9. The summed E-state index contributed by atoms with van der Waals surface area (Å²) >= 11 is 0. The van der Waals surface area contributed by atoms with Crippen LogP contribution in [0.5, 0.6) is 5.75 Å². The number of benzene rings is 1. The molecular weight excluding hydrogens is 277 g/mol. The Bertz CT molecular complexity index is 395. The third-order valence-electron chi connectivity index (χ3n) is 3.19. The van der Waals surface area contributed by atoms with Crippen molar-refractivity contribution in [3.8, 4) is 5.75 Å². The van der Waals surface area contributed by atoms with E-state index in [1.165, 1.54) is 12.1 Å². The molecule has 1 aromatic rings. The standard InChI is InChI=1S/C15H22FNO4/c16-13-1-3-15(4-2-13)21-10-9-20-12-14(18)11-17-5-7-19-8-6-17/h1-4,14,18H,5-12H2/t14-/m0/s1. The normalized spacial score (nSPS) is 17.6. The summed E-state index contributed by atoms with van der Waals surface area (Å²) in [6.07, 6.45) is -0.506. The Morgan fingerprint density at radius 2 is 1.90 bits per heavy atom. The van der Waals surface area contributed by atoms with E-state index in [-0.39, 0.29) is 12.4 Å². The molecule has 5 nitrogen and oxygen atoms in total. The van der Waals surface area contributed by atoms with Crippen molar-refractivity contribution in [3.63, 3.8) is 0 Å². The van der Waals surface area contributed by atoms with Crippen molar-refractivity contribution in [2.45, 2.75) is 6.10 Å². The van der Waals surface area contributed by atoms with Crippen molar-refractivity contribution in [2.24, 2.45) is 0 Å². The van der Waals surface area contributed by atoms with Crippen LogP contribution < -0.4 is 4.74 Å². The maximum atomic E-state index is 12.7. The first-order valence-electron chi connectivity index (χ1n) is 7.18. The lowest BCUT2D eigenvalue weighted by atomic mass is 10.3. The highest BCUT2D eigenvalue weighted by atomic mass is 19.1. The second kappa shape index (κ2) is 8.94. The zero-order valence-electron chi connectivity index (χ0n) is 12.0. The van der Waals surface area contributed by atoms with Gasteiger partial charge in [-0.2, -0.15) is 0 Å². The molecule has 0 aromatic heterocycles. The summed E-state index contributed by atoms with van der Waals surface area (Å²) in [5, 5.41) is 9.86. The van der Waals surface area contributed by atoms with Gasteiger partial charge >= 0.3 is 0 Å². The van der Waals surface area contributed by atoms with Gasteiger partial charge < -0.3 is 19.3 Å². The third-order valence-corrected chi connectivity index (χ3v) is 3.19. The average molecular weight is 299 g/mol. The molecule has 1 saturated heterocycles. The summed E-state index contributed by atoms with van der Waals surface area (Å²) in [7, 11) is 0. The number of halogens is 1. The van der Waals surface area contributed by atoms with Crippen LogP contribution in [0.3, 0.4) is 0 Å². The maximum absolute atomic E-state index is 12.7. The van der Waals surface area contributed by atoms with E-state index in [0.717, 1.165) is 26.3 Å². The molecule has 0 amide bonds. The van der Waals surface area contributed by atoms with E-state index < -0.39 is 6.10 Å². The molecule has 1 fully saturated rings. The monoisotopic (exact) mass is 299 g/mol. The van der Waals surface area contributed by atoms with E-state index in [4.69, 9.17) is 14.2 Å². The molecule has 0 spiro atoms. The van der Waals surface area contributed by atoms with E-state index in [1.807, 2.05) is 0 Å². The van der Waals surface area contributed by atoms with Gasteiger partial charge in [-0.25, -0.2) is 4.39 Å². The van der Waals surface area contributed by atoms with Gasteiger partial charge in [0.25, 0.3) is 0 Å². The lowest BCUT2D eigenvalue weighted by molar-refractivity contribution is -0.0178. The van der Waals surface area contributed by atoms with Gasteiger partial charge in [0, 0.05) is 19.6 Å². The van der Waals surface area contributed by atoms with Gasteiger partial charge in [-0.1, -0.05) is 0 Å². The fourth-order valence-electron chi connectivity index (χ4n) is 2.10. The van der Waals surface area contributed by atoms with E-state index in [9.17, 15) is 9.50 Å². The van der Waals surface area contributed by atoms with Gasteiger partial charge in [-0.15, -0.1) is 0 Å². The van der Waals surface area contributed by atoms with Crippen molar-refractivity contribution in [1.29, 1.82) is 0 Å². The summed E-state index contributed by atoms with van der Waals surface area (Å²) < 4.78 is 28.7. The predicted molar refractivity (Wildman–Crippen MR) is 76.0 cm³/mol. The molecule has 1 atom stereocenters. The molecule has 1 aliphatic rings. The van der Waals surface area contributed by atoms with Crippen LogP contribution in [0.2, 0.25) is 0 Å². The first-order valence-corrected chi connectivity index (χ1v) is 7.18. The van der Waals surface area contributed by atoms with E-state index >= 15 is 0 Å². The smallest absolute Gasteiger partial charge is 0.123 e. The second-order valence-electron chi connectivity index (χ2n) is 4.94. The van der Waals surface area contributed by atoms with Crippen LogP contribution in [0.25, 0.3) is 0 Å². The number of aliphatic hydroxyl groups is 1. The Morgan fingerprint density at radius 3 is 2.62 bits per heavy atom. The summed E-state index contributed by atoms with van der Waals surface area (Å²) in [6, 6.07) is 5.84. The highest BCUT2D eigenvalue weighted by Gasteiger charge is 2.14. The molecule has 0 aliphatic carbocycles. The molecule has 118 valence electrons. The Kier molecular flexibility index (Phi) is 6.88. The Labute approximate surface area is 124 Å². The molecule has 0 unspecified atom stereocenters. The molecule has 0 saturated carbocycles. The van der Waals surface area contributed by atoms with Gasteiger partial charge in [0.05, 0.1) is 32.5 Å². The number of hydrogen-bond donors (Lipinski definition) is 1. The predicted octanol–water partition coefficient (Wildman–Crippen LogP) is 0.914. The number of morpholine rings is 1. The molecule has 6 heteroatoms. The molecule has 1 aromatic carbocycles. The van der Waals surface area contributed by atoms with E-state index in [0.29, 0.717) is 25.5 Å². The quantitative estimate of drug-likeness (QED) is 0.723. The molecule has 1 heterocycles. The maximum Gasteiger partial charge on any atom is 0.123 e. The number of β-amino-alcohol motifs (C(OH)–C–C–N with tert-alkyl or cyclic N) is 1. The van der Waals surface area contributed by atoms with Crippen molar-refractivity contribution >= 4 is 0 Å². The number of nitrogens with zero attached hydrogens (tertiary/aromatic N) is 1. The number of ether oxygens (including phenoxy) is 3. The first-order chi connectivity index (χ1) is 10.2. The van der Waals surface area contributed by atoms with Gasteiger partial charge in [0.2, 0.25) is 0 Å². The molecular formula is C15H22FNO4. The van der Waals surface area contributed by atoms with Crippen LogP contribution in [0, 0.1) is 5.82 Å². The first kappa shape index (κ1) is 16.2. The fourth-order valence-corrected chi connectivity index (χ4v) is 2.10. The van der Waals surface area contributed by atoms with Gasteiger partial charge in [-0.05, 0) is 24.3 Å². The van der Waals surface area contributed by atoms with Crippen molar-refractivity contribution < 1.29 is 23.7 Å². The largest absolute Gasteiger partial charge is 0.491 e. The summed E-state index contributed by atoms with van der Waals surface area (Å²) in [5.41, 5.74) is 0. The highest BCUT2D eigenvalue weighted by Crippen LogP contribution is 2.10. The van der Waals surface area contributed by atoms with E-state index in [1.54, 1.807) is 12.1 Å². The third kappa shape index (κ3) is 6.39. The molecule has 0 radical (unpaired) electrons. The molecule has 21 heavy (non-hydrogen) atoms. The van der Waals surface area contributed by atoms with Crippen LogP contribution in [0.4, 0.5) is 4.39 Å². The highest BCUT2D eigenvalue weighted by molar-refractivity contribution is 5.21. The Hall–Kier alpha value is -1.21. The minimum atomic E-state index is -0.506. The summed E-state index contributed by atoms with van der Waals surface area (Å²) in [5.74, 6) is 0.318. The molecule has 1 N–H and O–H groups in total. The Morgan fingerprint density at radius 1 is 1.19 bits per heavy atom. The second-order valence-corrected chi connectivity index (χ2v) is 4.94. The molecule has 2 rings (SSSR count). The lowest BCUT2D eigenvalue weighted by Gasteiger charge is -2.28. The average Bonchev–Trinajstić information content (AvgIpc) is 2.50. The molecule has 1 aliphatic heterocycles. The zero-order valence-corrected chi connectivity index (χ0v) is 12.0. The van der Waals surface area contributed by atoms with Crippen LogP contribution >= 0.6 is 0 Å². The summed E-state index contributed by atoms with van der Waals surface area (Å²) in [6.45, 7) is 4.79. The van der Waals surface area contributed by atoms with Crippen molar-refractivity contribution in [2.75, 3.05) is 52.7 Å². The number of hydrogen-bond acceptors (Lipinski definition) is 5. The van der Waals surface area contributed by atoms with Gasteiger partial charge in [0.1, 0.15) is 18.2 Å². The lowest BCUT2D eigenvalue weighted by Crippen LogP contribution is -2.42. The van der Waals surface area contributed by atoms with Gasteiger partial charge in [0.15, 0.2) is 0 Å².